The van der Waals surface area contributed by atoms with Crippen molar-refractivity contribution in [1.82, 2.24) is 9.97 Å². The largest absolute Gasteiger partial charge is 0.388 e. The van der Waals surface area contributed by atoms with Crippen LogP contribution in [0.15, 0.2) is 10.8 Å². The lowest BCUT2D eigenvalue weighted by molar-refractivity contribution is 0.0514. The second kappa shape index (κ2) is 7.78. The lowest BCUT2D eigenvalue weighted by Crippen LogP contribution is -2.35. The summed E-state index contributed by atoms with van der Waals surface area (Å²) in [4.78, 5) is 8.41. The Morgan fingerprint density at radius 2 is 1.90 bits per heavy atom. The fourth-order valence-corrected chi connectivity index (χ4v) is 2.57. The van der Waals surface area contributed by atoms with E-state index in [0.717, 1.165) is 29.7 Å². The van der Waals surface area contributed by atoms with Crippen LogP contribution >= 0.6 is 15.9 Å². The standard InChI is InChI=1S/C14H25BrN4O/c1-5-6-16-12-11(15)13(19-9-18-12)17-8-14(4,20)7-10(2)3/h9-10,20H,5-8H2,1-4H3,(H2,16,17,18,19). The molecule has 1 heterocycles. The van der Waals surface area contributed by atoms with Crippen molar-refractivity contribution in [2.75, 3.05) is 23.7 Å². The van der Waals surface area contributed by atoms with Crippen molar-refractivity contribution in [3.8, 4) is 0 Å². The summed E-state index contributed by atoms with van der Waals surface area (Å²) in [5.74, 6) is 1.91. The molecule has 0 saturated carbocycles. The minimum absolute atomic E-state index is 0.447. The third-order valence-electron chi connectivity index (χ3n) is 2.82. The number of aliphatic hydroxyl groups is 1. The lowest BCUT2D eigenvalue weighted by Gasteiger charge is -2.26. The third kappa shape index (κ3) is 5.63. The van der Waals surface area contributed by atoms with Crippen LogP contribution in [0.5, 0.6) is 0 Å². The topological polar surface area (TPSA) is 70.1 Å². The molecule has 0 spiro atoms. The average Bonchev–Trinajstić information content (AvgIpc) is 2.34. The van der Waals surface area contributed by atoms with Gasteiger partial charge in [0.05, 0.1) is 5.60 Å². The van der Waals surface area contributed by atoms with Crippen LogP contribution in [0.1, 0.15) is 40.5 Å². The van der Waals surface area contributed by atoms with Gasteiger partial charge in [-0.2, -0.15) is 0 Å². The van der Waals surface area contributed by atoms with E-state index in [2.05, 4.69) is 57.3 Å². The highest BCUT2D eigenvalue weighted by Crippen LogP contribution is 2.27. The number of anilines is 2. The van der Waals surface area contributed by atoms with Crippen LogP contribution in [0.4, 0.5) is 11.6 Å². The molecule has 1 unspecified atom stereocenters. The summed E-state index contributed by atoms with van der Waals surface area (Å²) in [5, 5.41) is 16.7. The SMILES string of the molecule is CCCNc1ncnc(NCC(C)(O)CC(C)C)c1Br. The van der Waals surface area contributed by atoms with Gasteiger partial charge in [0.2, 0.25) is 0 Å². The first-order valence-electron chi connectivity index (χ1n) is 7.06. The lowest BCUT2D eigenvalue weighted by atomic mass is 9.94. The molecule has 6 heteroatoms. The molecule has 1 aromatic heterocycles. The van der Waals surface area contributed by atoms with Gasteiger partial charge in [0.25, 0.3) is 0 Å². The van der Waals surface area contributed by atoms with Crippen LogP contribution in [-0.2, 0) is 0 Å². The highest BCUT2D eigenvalue weighted by Gasteiger charge is 2.22. The maximum absolute atomic E-state index is 10.3. The first-order valence-corrected chi connectivity index (χ1v) is 7.85. The maximum atomic E-state index is 10.3. The van der Waals surface area contributed by atoms with Gasteiger partial charge in [-0.15, -0.1) is 0 Å². The van der Waals surface area contributed by atoms with Crippen molar-refractivity contribution in [2.45, 2.75) is 46.1 Å². The Morgan fingerprint density at radius 1 is 1.30 bits per heavy atom. The summed E-state index contributed by atoms with van der Waals surface area (Å²) in [5.41, 5.74) is -0.754. The molecule has 0 bridgehead atoms. The van der Waals surface area contributed by atoms with E-state index in [-0.39, 0.29) is 0 Å². The number of aromatic nitrogens is 2. The summed E-state index contributed by atoms with van der Waals surface area (Å²) in [6, 6.07) is 0. The second-order valence-electron chi connectivity index (χ2n) is 5.76. The van der Waals surface area contributed by atoms with Crippen molar-refractivity contribution in [3.05, 3.63) is 10.8 Å². The van der Waals surface area contributed by atoms with Gasteiger partial charge in [0, 0.05) is 13.1 Å². The molecule has 0 aliphatic carbocycles. The monoisotopic (exact) mass is 344 g/mol. The predicted molar refractivity (Wildman–Crippen MR) is 87.1 cm³/mol. The fraction of sp³-hybridized carbons (Fsp3) is 0.714. The molecule has 20 heavy (non-hydrogen) atoms. The number of hydrogen-bond donors (Lipinski definition) is 3. The molecular formula is C14H25BrN4O. The zero-order chi connectivity index (χ0) is 15.2. The fourth-order valence-electron chi connectivity index (χ4n) is 2.09. The molecule has 5 nitrogen and oxygen atoms in total. The predicted octanol–water partition coefficient (Wildman–Crippen LogP) is 3.27. The summed E-state index contributed by atoms with van der Waals surface area (Å²) in [7, 11) is 0. The van der Waals surface area contributed by atoms with Crippen LogP contribution in [0, 0.1) is 5.92 Å². The number of nitrogens with one attached hydrogen (secondary N) is 2. The zero-order valence-corrected chi connectivity index (χ0v) is 14.3. The van der Waals surface area contributed by atoms with Gasteiger partial charge in [-0.1, -0.05) is 20.8 Å². The molecule has 1 rings (SSSR count). The summed E-state index contributed by atoms with van der Waals surface area (Å²) >= 11 is 3.50. The van der Waals surface area contributed by atoms with E-state index in [1.165, 1.54) is 6.33 Å². The van der Waals surface area contributed by atoms with E-state index < -0.39 is 5.60 Å². The van der Waals surface area contributed by atoms with Gasteiger partial charge in [-0.25, -0.2) is 9.97 Å². The Kier molecular flexibility index (Phi) is 6.68. The van der Waals surface area contributed by atoms with Gasteiger partial charge in [0.1, 0.15) is 22.4 Å². The molecule has 0 aliphatic heterocycles. The smallest absolute Gasteiger partial charge is 0.146 e. The molecule has 0 fully saturated rings. The number of halogens is 1. The van der Waals surface area contributed by atoms with Crippen LogP contribution < -0.4 is 10.6 Å². The van der Waals surface area contributed by atoms with Gasteiger partial charge in [-0.05, 0) is 41.6 Å². The zero-order valence-electron chi connectivity index (χ0n) is 12.7. The molecule has 1 atom stereocenters. The van der Waals surface area contributed by atoms with Crippen LogP contribution in [0.25, 0.3) is 0 Å². The van der Waals surface area contributed by atoms with Gasteiger partial charge >= 0.3 is 0 Å². The molecular weight excluding hydrogens is 320 g/mol. The van der Waals surface area contributed by atoms with E-state index in [9.17, 15) is 5.11 Å². The molecule has 114 valence electrons. The van der Waals surface area contributed by atoms with E-state index in [0.29, 0.717) is 18.3 Å². The summed E-state index contributed by atoms with van der Waals surface area (Å²) in [6.07, 6.45) is 3.29. The number of rotatable bonds is 8. The van der Waals surface area contributed by atoms with E-state index in [4.69, 9.17) is 0 Å². The van der Waals surface area contributed by atoms with Gasteiger partial charge < -0.3 is 15.7 Å². The van der Waals surface area contributed by atoms with Crippen LogP contribution in [-0.4, -0.2) is 33.8 Å². The number of nitrogens with zero attached hydrogens (tertiary/aromatic N) is 2. The minimum atomic E-state index is -0.754. The first kappa shape index (κ1) is 17.2. The maximum Gasteiger partial charge on any atom is 0.146 e. The minimum Gasteiger partial charge on any atom is -0.388 e. The Morgan fingerprint density at radius 3 is 2.45 bits per heavy atom. The number of hydrogen-bond acceptors (Lipinski definition) is 5. The summed E-state index contributed by atoms with van der Waals surface area (Å²) in [6.45, 7) is 9.45. The van der Waals surface area contributed by atoms with Crippen LogP contribution in [0.2, 0.25) is 0 Å². The molecule has 3 N–H and O–H groups in total. The van der Waals surface area contributed by atoms with Crippen molar-refractivity contribution < 1.29 is 5.11 Å². The first-order chi connectivity index (χ1) is 9.35. The normalized spacial score (nSPS) is 14.2. The van der Waals surface area contributed by atoms with E-state index in [1.807, 2.05) is 6.92 Å². The Bertz CT molecular complexity index is 424. The van der Waals surface area contributed by atoms with E-state index in [1.54, 1.807) is 0 Å². The van der Waals surface area contributed by atoms with Crippen molar-refractivity contribution >= 4 is 27.6 Å². The quantitative estimate of drug-likeness (QED) is 0.675. The van der Waals surface area contributed by atoms with Crippen molar-refractivity contribution in [2.24, 2.45) is 5.92 Å². The third-order valence-corrected chi connectivity index (χ3v) is 3.57. The van der Waals surface area contributed by atoms with E-state index >= 15 is 0 Å². The molecule has 0 aliphatic rings. The molecule has 0 amide bonds. The molecule has 0 aromatic carbocycles. The summed E-state index contributed by atoms with van der Waals surface area (Å²) < 4.78 is 0.800. The Hall–Kier alpha value is -0.880. The van der Waals surface area contributed by atoms with Crippen LogP contribution in [0.3, 0.4) is 0 Å². The molecule has 0 radical (unpaired) electrons. The molecule has 0 saturated heterocycles. The van der Waals surface area contributed by atoms with Crippen molar-refractivity contribution in [3.63, 3.8) is 0 Å². The Labute approximate surface area is 129 Å². The van der Waals surface area contributed by atoms with Crippen molar-refractivity contribution in [1.29, 1.82) is 0 Å². The highest BCUT2D eigenvalue weighted by molar-refractivity contribution is 9.10. The van der Waals surface area contributed by atoms with Gasteiger partial charge in [0.15, 0.2) is 0 Å². The second-order valence-corrected chi connectivity index (χ2v) is 6.55. The van der Waals surface area contributed by atoms with Gasteiger partial charge in [-0.3, -0.25) is 0 Å². The molecule has 1 aromatic rings. The highest BCUT2D eigenvalue weighted by atomic mass is 79.9. The average molecular weight is 345 g/mol. The Balaban J connectivity index is 2.68.